The van der Waals surface area contributed by atoms with Crippen molar-refractivity contribution in [3.8, 4) is 0 Å². The van der Waals surface area contributed by atoms with Gasteiger partial charge in [-0.15, -0.1) is 0 Å². The molecule has 3 heteroatoms. The predicted octanol–water partition coefficient (Wildman–Crippen LogP) is 2.90. The van der Waals surface area contributed by atoms with Crippen LogP contribution < -0.4 is 5.32 Å². The zero-order valence-corrected chi connectivity index (χ0v) is 12.2. The van der Waals surface area contributed by atoms with Crippen LogP contribution in [0.2, 0.25) is 0 Å². The molecule has 2 aromatic rings. The van der Waals surface area contributed by atoms with Crippen LogP contribution in [0.3, 0.4) is 0 Å². The van der Waals surface area contributed by atoms with Crippen LogP contribution in [0.15, 0.2) is 65.8 Å². The number of benzene rings is 2. The third kappa shape index (κ3) is 2.83. The average Bonchev–Trinajstić information content (AvgIpc) is 2.56. The van der Waals surface area contributed by atoms with Gasteiger partial charge in [0.25, 0.3) is 0 Å². The van der Waals surface area contributed by atoms with Gasteiger partial charge in [0, 0.05) is 17.5 Å². The SMILES string of the molecule is C[C@H]1/C(=N\O)C[C@@H](c2ccccc2)[NH2+][C@@H]1c1ccccc1. The topological polar surface area (TPSA) is 49.2 Å². The van der Waals surface area contributed by atoms with Crippen LogP contribution in [-0.4, -0.2) is 10.9 Å². The molecule has 0 saturated carbocycles. The van der Waals surface area contributed by atoms with E-state index in [4.69, 9.17) is 0 Å². The van der Waals surface area contributed by atoms with E-state index in [9.17, 15) is 5.21 Å². The van der Waals surface area contributed by atoms with Crippen molar-refractivity contribution in [1.29, 1.82) is 0 Å². The van der Waals surface area contributed by atoms with Gasteiger partial charge in [0.2, 0.25) is 0 Å². The number of piperidine rings is 1. The molecule has 3 rings (SSSR count). The minimum absolute atomic E-state index is 0.234. The van der Waals surface area contributed by atoms with Crippen molar-refractivity contribution in [2.24, 2.45) is 11.1 Å². The summed E-state index contributed by atoms with van der Waals surface area (Å²) in [5.74, 6) is 0.234. The third-order valence-electron chi connectivity index (χ3n) is 4.47. The average molecular weight is 281 g/mol. The summed E-state index contributed by atoms with van der Waals surface area (Å²) in [7, 11) is 0. The summed E-state index contributed by atoms with van der Waals surface area (Å²) in [6, 6.07) is 21.5. The van der Waals surface area contributed by atoms with E-state index in [-0.39, 0.29) is 12.0 Å². The highest BCUT2D eigenvalue weighted by molar-refractivity contribution is 5.87. The maximum atomic E-state index is 9.36. The van der Waals surface area contributed by atoms with E-state index in [1.807, 2.05) is 12.1 Å². The maximum absolute atomic E-state index is 9.36. The van der Waals surface area contributed by atoms with Crippen molar-refractivity contribution >= 4 is 5.71 Å². The second-order valence-corrected chi connectivity index (χ2v) is 5.73. The summed E-state index contributed by atoms with van der Waals surface area (Å²) in [6.45, 7) is 2.14. The molecule has 0 spiro atoms. The van der Waals surface area contributed by atoms with Crippen LogP contribution in [0.1, 0.15) is 36.6 Å². The van der Waals surface area contributed by atoms with Gasteiger partial charge in [-0.2, -0.15) is 0 Å². The predicted molar refractivity (Wildman–Crippen MR) is 83.3 cm³/mol. The Morgan fingerprint density at radius 1 is 0.952 bits per heavy atom. The Labute approximate surface area is 125 Å². The van der Waals surface area contributed by atoms with Crippen LogP contribution in [0, 0.1) is 5.92 Å². The van der Waals surface area contributed by atoms with E-state index in [2.05, 4.69) is 65.9 Å². The molecule has 3 N–H and O–H groups in total. The van der Waals surface area contributed by atoms with Crippen LogP contribution in [0.4, 0.5) is 0 Å². The highest BCUT2D eigenvalue weighted by atomic mass is 16.4. The molecular formula is C18H21N2O+. The van der Waals surface area contributed by atoms with E-state index in [1.54, 1.807) is 0 Å². The molecule has 0 unspecified atom stereocenters. The van der Waals surface area contributed by atoms with Crippen LogP contribution in [0.25, 0.3) is 0 Å². The Bertz CT molecular complexity index is 610. The Hall–Kier alpha value is -2.13. The first kappa shape index (κ1) is 13.8. The van der Waals surface area contributed by atoms with E-state index in [1.165, 1.54) is 11.1 Å². The van der Waals surface area contributed by atoms with Gasteiger partial charge in [-0.05, 0) is 0 Å². The van der Waals surface area contributed by atoms with Crippen molar-refractivity contribution in [2.45, 2.75) is 25.4 Å². The molecule has 1 aliphatic heterocycles. The van der Waals surface area contributed by atoms with Crippen LogP contribution >= 0.6 is 0 Å². The summed E-state index contributed by atoms with van der Waals surface area (Å²) in [6.07, 6.45) is 0.797. The first-order valence-electron chi connectivity index (χ1n) is 7.45. The molecule has 3 atom stereocenters. The molecule has 0 aromatic heterocycles. The third-order valence-corrected chi connectivity index (χ3v) is 4.47. The van der Waals surface area contributed by atoms with Gasteiger partial charge in [-0.3, -0.25) is 0 Å². The summed E-state index contributed by atoms with van der Waals surface area (Å²) < 4.78 is 0. The van der Waals surface area contributed by atoms with Gasteiger partial charge in [-0.25, -0.2) is 0 Å². The standard InChI is InChI=1S/C18H20N2O/c1-13-16(20-21)12-17(14-8-4-2-5-9-14)19-18(13)15-10-6-3-7-11-15/h2-11,13,17-19,21H,12H2,1H3/p+1/b20-16-/t13-,17-,18-/m0/s1. The lowest BCUT2D eigenvalue weighted by Crippen LogP contribution is -2.90. The fourth-order valence-electron chi connectivity index (χ4n) is 3.24. The molecule has 1 saturated heterocycles. The number of hydrogen-bond acceptors (Lipinski definition) is 2. The van der Waals surface area contributed by atoms with Crippen molar-refractivity contribution in [3.05, 3.63) is 71.8 Å². The van der Waals surface area contributed by atoms with E-state index >= 15 is 0 Å². The minimum Gasteiger partial charge on any atom is -0.411 e. The molecule has 1 aliphatic rings. The minimum atomic E-state index is 0.234. The molecular weight excluding hydrogens is 260 g/mol. The van der Waals surface area contributed by atoms with Crippen molar-refractivity contribution < 1.29 is 10.5 Å². The normalized spacial score (nSPS) is 27.7. The van der Waals surface area contributed by atoms with Gasteiger partial charge < -0.3 is 10.5 Å². The number of oxime groups is 1. The Morgan fingerprint density at radius 2 is 1.52 bits per heavy atom. The molecule has 3 nitrogen and oxygen atoms in total. The molecule has 108 valence electrons. The molecule has 1 fully saturated rings. The van der Waals surface area contributed by atoms with Gasteiger partial charge in [0.05, 0.1) is 11.6 Å². The Morgan fingerprint density at radius 3 is 2.10 bits per heavy atom. The second-order valence-electron chi connectivity index (χ2n) is 5.73. The lowest BCUT2D eigenvalue weighted by molar-refractivity contribution is -0.741. The van der Waals surface area contributed by atoms with E-state index in [0.29, 0.717) is 6.04 Å². The Balaban J connectivity index is 1.93. The van der Waals surface area contributed by atoms with Gasteiger partial charge in [0.1, 0.15) is 12.1 Å². The van der Waals surface area contributed by atoms with Crippen molar-refractivity contribution in [2.75, 3.05) is 0 Å². The molecule has 0 radical (unpaired) electrons. The summed E-state index contributed by atoms with van der Waals surface area (Å²) in [5, 5.41) is 15.3. The van der Waals surface area contributed by atoms with E-state index in [0.717, 1.165) is 12.1 Å². The zero-order chi connectivity index (χ0) is 14.7. The molecule has 21 heavy (non-hydrogen) atoms. The number of nitrogens with zero attached hydrogens (tertiary/aromatic N) is 1. The van der Waals surface area contributed by atoms with Gasteiger partial charge in [-0.1, -0.05) is 72.7 Å². The molecule has 0 amide bonds. The van der Waals surface area contributed by atoms with Crippen LogP contribution in [0.5, 0.6) is 0 Å². The Kier molecular flexibility index (Phi) is 4.02. The van der Waals surface area contributed by atoms with Crippen molar-refractivity contribution in [3.63, 3.8) is 0 Å². The van der Waals surface area contributed by atoms with Crippen molar-refractivity contribution in [1.82, 2.24) is 0 Å². The van der Waals surface area contributed by atoms with Gasteiger partial charge in [0.15, 0.2) is 0 Å². The highest BCUT2D eigenvalue weighted by Crippen LogP contribution is 2.29. The summed E-state index contributed by atoms with van der Waals surface area (Å²) in [4.78, 5) is 0. The maximum Gasteiger partial charge on any atom is 0.120 e. The lowest BCUT2D eigenvalue weighted by Gasteiger charge is -2.33. The fourth-order valence-corrected chi connectivity index (χ4v) is 3.24. The first-order valence-corrected chi connectivity index (χ1v) is 7.45. The molecule has 0 bridgehead atoms. The smallest absolute Gasteiger partial charge is 0.120 e. The largest absolute Gasteiger partial charge is 0.411 e. The quantitative estimate of drug-likeness (QED) is 0.645. The van der Waals surface area contributed by atoms with E-state index < -0.39 is 0 Å². The summed E-state index contributed by atoms with van der Waals surface area (Å²) in [5.41, 5.74) is 3.46. The number of rotatable bonds is 2. The summed E-state index contributed by atoms with van der Waals surface area (Å²) >= 11 is 0. The monoisotopic (exact) mass is 281 g/mol. The number of quaternary nitrogens is 1. The fraction of sp³-hybridized carbons (Fsp3) is 0.278. The molecule has 1 heterocycles. The lowest BCUT2D eigenvalue weighted by atomic mass is 9.81. The zero-order valence-electron chi connectivity index (χ0n) is 12.2. The first-order chi connectivity index (χ1) is 10.3. The highest BCUT2D eigenvalue weighted by Gasteiger charge is 2.37. The second kappa shape index (κ2) is 6.10. The van der Waals surface area contributed by atoms with Gasteiger partial charge >= 0.3 is 0 Å². The van der Waals surface area contributed by atoms with Crippen LogP contribution in [-0.2, 0) is 0 Å². The molecule has 0 aliphatic carbocycles. The number of hydrogen-bond donors (Lipinski definition) is 2. The molecule has 2 aromatic carbocycles. The number of nitrogens with two attached hydrogens (primary N) is 1.